The van der Waals surface area contributed by atoms with Crippen LogP contribution in [-0.4, -0.2) is 6.61 Å². The highest BCUT2D eigenvalue weighted by Crippen LogP contribution is 2.21. The molecular formula is C9H13NO. The summed E-state index contributed by atoms with van der Waals surface area (Å²) in [5.74, 6) is 0.776. The number of aryl methyl sites for hydroxylation is 1. The van der Waals surface area contributed by atoms with Gasteiger partial charge >= 0.3 is 0 Å². The second-order valence-electron chi connectivity index (χ2n) is 2.47. The maximum Gasteiger partial charge on any atom is 0.142 e. The number of ether oxygens (including phenoxy) is 1. The molecule has 0 heterocycles. The van der Waals surface area contributed by atoms with Gasteiger partial charge in [-0.2, -0.15) is 0 Å². The van der Waals surface area contributed by atoms with Crippen LogP contribution in [0.4, 0.5) is 5.69 Å². The Balaban J connectivity index is 2.90. The first-order chi connectivity index (χ1) is 5.24. The minimum Gasteiger partial charge on any atom is -0.492 e. The molecule has 1 aromatic carbocycles. The predicted octanol–water partition coefficient (Wildman–Crippen LogP) is 1.98. The fourth-order valence-electron chi connectivity index (χ4n) is 0.955. The summed E-state index contributed by atoms with van der Waals surface area (Å²) < 4.78 is 5.27. The van der Waals surface area contributed by atoms with Gasteiger partial charge < -0.3 is 10.5 Å². The van der Waals surface area contributed by atoms with E-state index in [9.17, 15) is 0 Å². The van der Waals surface area contributed by atoms with E-state index in [1.807, 2.05) is 32.0 Å². The Labute approximate surface area is 67.0 Å². The van der Waals surface area contributed by atoms with Crippen LogP contribution in [0.5, 0.6) is 5.75 Å². The first-order valence-corrected chi connectivity index (χ1v) is 3.73. The molecule has 60 valence electrons. The molecule has 0 bridgehead atoms. The number of hydrogen-bond acceptors (Lipinski definition) is 2. The highest BCUT2D eigenvalue weighted by molar-refractivity contribution is 5.53. The minimum absolute atomic E-state index is 0.660. The minimum atomic E-state index is 0.660. The summed E-state index contributed by atoms with van der Waals surface area (Å²) in [6.45, 7) is 4.61. The molecule has 0 aliphatic heterocycles. The molecule has 2 N–H and O–H groups in total. The fourth-order valence-corrected chi connectivity index (χ4v) is 0.955. The Hall–Kier alpha value is -1.18. The zero-order valence-electron chi connectivity index (χ0n) is 6.92. The van der Waals surface area contributed by atoms with Crippen molar-refractivity contribution < 1.29 is 4.74 Å². The van der Waals surface area contributed by atoms with Crippen LogP contribution in [-0.2, 0) is 0 Å². The van der Waals surface area contributed by atoms with Gasteiger partial charge in [-0.3, -0.25) is 0 Å². The topological polar surface area (TPSA) is 35.2 Å². The standard InChI is InChI=1S/C9H13NO/c1-3-11-9-5-4-7(2)6-8(9)10/h4-6H,3,10H2,1-2H3. The predicted molar refractivity (Wildman–Crippen MR) is 46.8 cm³/mol. The van der Waals surface area contributed by atoms with Gasteiger partial charge in [0.25, 0.3) is 0 Å². The Morgan fingerprint density at radius 3 is 2.73 bits per heavy atom. The summed E-state index contributed by atoms with van der Waals surface area (Å²) in [5.41, 5.74) is 7.56. The van der Waals surface area contributed by atoms with Crippen molar-refractivity contribution in [1.82, 2.24) is 0 Å². The van der Waals surface area contributed by atoms with Crippen molar-refractivity contribution >= 4 is 5.69 Å². The summed E-state index contributed by atoms with van der Waals surface area (Å²) in [7, 11) is 0. The van der Waals surface area contributed by atoms with E-state index in [1.54, 1.807) is 0 Å². The van der Waals surface area contributed by atoms with Gasteiger partial charge in [0.1, 0.15) is 5.75 Å². The van der Waals surface area contributed by atoms with Crippen LogP contribution in [0.3, 0.4) is 0 Å². The number of nitrogen functional groups attached to an aromatic ring is 1. The molecule has 0 unspecified atom stereocenters. The normalized spacial score (nSPS) is 9.64. The van der Waals surface area contributed by atoms with Gasteiger partial charge in [0.05, 0.1) is 12.3 Å². The quantitative estimate of drug-likeness (QED) is 0.656. The van der Waals surface area contributed by atoms with Crippen LogP contribution in [0.1, 0.15) is 12.5 Å². The van der Waals surface area contributed by atoms with E-state index >= 15 is 0 Å². The molecule has 11 heavy (non-hydrogen) atoms. The molecule has 1 aromatic rings. The number of anilines is 1. The van der Waals surface area contributed by atoms with E-state index in [2.05, 4.69) is 0 Å². The lowest BCUT2D eigenvalue weighted by molar-refractivity contribution is 0.342. The Morgan fingerprint density at radius 1 is 1.45 bits per heavy atom. The summed E-state index contributed by atoms with van der Waals surface area (Å²) in [4.78, 5) is 0. The van der Waals surface area contributed by atoms with E-state index < -0.39 is 0 Å². The average Bonchev–Trinajstić information content (AvgIpc) is 1.95. The fraction of sp³-hybridized carbons (Fsp3) is 0.333. The number of rotatable bonds is 2. The first-order valence-electron chi connectivity index (χ1n) is 3.73. The number of hydrogen-bond donors (Lipinski definition) is 1. The first kappa shape index (κ1) is 7.92. The lowest BCUT2D eigenvalue weighted by Gasteiger charge is -2.06. The van der Waals surface area contributed by atoms with Crippen molar-refractivity contribution in [1.29, 1.82) is 0 Å². The van der Waals surface area contributed by atoms with Crippen LogP contribution in [0.15, 0.2) is 18.2 Å². The molecule has 0 fully saturated rings. The van der Waals surface area contributed by atoms with Crippen molar-refractivity contribution in [3.63, 3.8) is 0 Å². The zero-order valence-corrected chi connectivity index (χ0v) is 6.92. The van der Waals surface area contributed by atoms with E-state index in [-0.39, 0.29) is 0 Å². The highest BCUT2D eigenvalue weighted by atomic mass is 16.5. The molecule has 0 saturated heterocycles. The molecule has 0 aromatic heterocycles. The van der Waals surface area contributed by atoms with E-state index in [0.29, 0.717) is 12.3 Å². The molecule has 0 radical (unpaired) electrons. The smallest absolute Gasteiger partial charge is 0.142 e. The molecule has 2 nitrogen and oxygen atoms in total. The largest absolute Gasteiger partial charge is 0.492 e. The van der Waals surface area contributed by atoms with Crippen LogP contribution in [0.2, 0.25) is 0 Å². The number of benzene rings is 1. The molecule has 0 spiro atoms. The van der Waals surface area contributed by atoms with E-state index in [0.717, 1.165) is 11.3 Å². The Bertz CT molecular complexity index is 245. The van der Waals surface area contributed by atoms with Gasteiger partial charge in [-0.05, 0) is 31.5 Å². The van der Waals surface area contributed by atoms with Gasteiger partial charge in [0.2, 0.25) is 0 Å². The van der Waals surface area contributed by atoms with Crippen LogP contribution < -0.4 is 10.5 Å². The van der Waals surface area contributed by atoms with Gasteiger partial charge in [-0.1, -0.05) is 6.07 Å². The third-order valence-electron chi connectivity index (χ3n) is 1.47. The van der Waals surface area contributed by atoms with Crippen LogP contribution in [0, 0.1) is 6.92 Å². The molecule has 0 amide bonds. The summed E-state index contributed by atoms with van der Waals surface area (Å²) >= 11 is 0. The summed E-state index contributed by atoms with van der Waals surface area (Å²) in [6, 6.07) is 5.79. The Kier molecular flexibility index (Phi) is 2.36. The molecule has 1 rings (SSSR count). The van der Waals surface area contributed by atoms with Crippen LogP contribution in [0.25, 0.3) is 0 Å². The lowest BCUT2D eigenvalue weighted by Crippen LogP contribution is -1.96. The van der Waals surface area contributed by atoms with Gasteiger partial charge in [-0.15, -0.1) is 0 Å². The third-order valence-corrected chi connectivity index (χ3v) is 1.47. The highest BCUT2D eigenvalue weighted by Gasteiger charge is 1.97. The lowest BCUT2D eigenvalue weighted by atomic mass is 10.2. The van der Waals surface area contributed by atoms with Crippen molar-refractivity contribution in [2.45, 2.75) is 13.8 Å². The molecule has 0 aliphatic carbocycles. The second kappa shape index (κ2) is 3.28. The SMILES string of the molecule is CCOc1ccc(C)cc1N. The maximum absolute atomic E-state index is 5.68. The Morgan fingerprint density at radius 2 is 2.18 bits per heavy atom. The monoisotopic (exact) mass is 151 g/mol. The molecule has 0 atom stereocenters. The zero-order chi connectivity index (χ0) is 8.27. The van der Waals surface area contributed by atoms with E-state index in [1.165, 1.54) is 0 Å². The van der Waals surface area contributed by atoms with Crippen LogP contribution >= 0.6 is 0 Å². The molecular weight excluding hydrogens is 138 g/mol. The molecule has 2 heteroatoms. The van der Waals surface area contributed by atoms with Gasteiger partial charge in [0, 0.05) is 0 Å². The van der Waals surface area contributed by atoms with Crippen molar-refractivity contribution in [3.8, 4) is 5.75 Å². The number of nitrogens with two attached hydrogens (primary N) is 1. The van der Waals surface area contributed by atoms with Gasteiger partial charge in [-0.25, -0.2) is 0 Å². The van der Waals surface area contributed by atoms with Crippen molar-refractivity contribution in [3.05, 3.63) is 23.8 Å². The summed E-state index contributed by atoms with van der Waals surface area (Å²) in [5, 5.41) is 0. The second-order valence-corrected chi connectivity index (χ2v) is 2.47. The van der Waals surface area contributed by atoms with E-state index in [4.69, 9.17) is 10.5 Å². The average molecular weight is 151 g/mol. The van der Waals surface area contributed by atoms with Crippen molar-refractivity contribution in [2.75, 3.05) is 12.3 Å². The van der Waals surface area contributed by atoms with Crippen molar-refractivity contribution in [2.24, 2.45) is 0 Å². The molecule has 0 saturated carbocycles. The third kappa shape index (κ3) is 1.87. The van der Waals surface area contributed by atoms with Gasteiger partial charge in [0.15, 0.2) is 0 Å². The maximum atomic E-state index is 5.68. The molecule has 0 aliphatic rings. The summed E-state index contributed by atoms with van der Waals surface area (Å²) in [6.07, 6.45) is 0.